The lowest BCUT2D eigenvalue weighted by Gasteiger charge is -2.14. The molecule has 0 unspecified atom stereocenters. The van der Waals surface area contributed by atoms with Gasteiger partial charge in [0, 0.05) is 10.9 Å². The fourth-order valence-electron chi connectivity index (χ4n) is 2.29. The Balaban J connectivity index is 2.00. The lowest BCUT2D eigenvalue weighted by Crippen LogP contribution is -2.46. The van der Waals surface area contributed by atoms with E-state index in [0.717, 1.165) is 23.7 Å². The summed E-state index contributed by atoms with van der Waals surface area (Å²) >= 11 is 0.789. The Morgan fingerprint density at radius 2 is 2.00 bits per heavy atom. The van der Waals surface area contributed by atoms with Crippen molar-refractivity contribution in [3.8, 4) is 11.3 Å². The van der Waals surface area contributed by atoms with Crippen molar-refractivity contribution >= 4 is 27.5 Å². The quantitative estimate of drug-likeness (QED) is 0.815. The topological polar surface area (TPSA) is 102 Å². The standard InChI is InChI=1S/C14H12F3N3O3S2/c15-14(16,17)9-3-1-2-8(6-9)11-10(7-24-19-11)25(22,23)20-13(4-5-13)12(18)21/h1-3,6-7,20H,4-5H2,(H2,18,21). The molecule has 6 nitrogen and oxygen atoms in total. The van der Waals surface area contributed by atoms with Crippen LogP contribution in [0.15, 0.2) is 34.5 Å². The first-order chi connectivity index (χ1) is 11.6. The van der Waals surface area contributed by atoms with Crippen LogP contribution in [0.5, 0.6) is 0 Å². The third-order valence-corrected chi connectivity index (χ3v) is 6.17. The molecular formula is C14H12F3N3O3S2. The summed E-state index contributed by atoms with van der Waals surface area (Å²) < 4.78 is 69.9. The van der Waals surface area contributed by atoms with Crippen molar-refractivity contribution in [3.05, 3.63) is 35.2 Å². The zero-order valence-electron chi connectivity index (χ0n) is 12.5. The number of rotatable bonds is 5. The predicted molar refractivity (Wildman–Crippen MR) is 84.0 cm³/mol. The summed E-state index contributed by atoms with van der Waals surface area (Å²) in [6.45, 7) is 0. The number of carbonyl (C=O) groups is 1. The van der Waals surface area contributed by atoms with E-state index in [9.17, 15) is 26.4 Å². The molecule has 1 heterocycles. The van der Waals surface area contributed by atoms with Gasteiger partial charge in [-0.1, -0.05) is 12.1 Å². The number of nitrogens with two attached hydrogens (primary N) is 1. The van der Waals surface area contributed by atoms with E-state index in [1.165, 1.54) is 17.5 Å². The van der Waals surface area contributed by atoms with Gasteiger partial charge in [-0.3, -0.25) is 4.79 Å². The Kier molecular flexibility index (Phi) is 4.12. The van der Waals surface area contributed by atoms with Gasteiger partial charge < -0.3 is 5.73 Å². The molecule has 11 heteroatoms. The fourth-order valence-corrected chi connectivity index (χ4v) is 4.90. The maximum Gasteiger partial charge on any atom is 0.416 e. The van der Waals surface area contributed by atoms with Gasteiger partial charge in [0.05, 0.1) is 5.56 Å². The minimum absolute atomic E-state index is 0.0142. The molecule has 1 saturated carbocycles. The molecule has 0 atom stereocenters. The number of alkyl halides is 3. The molecule has 1 fully saturated rings. The Labute approximate surface area is 145 Å². The maximum absolute atomic E-state index is 12.9. The van der Waals surface area contributed by atoms with Crippen molar-refractivity contribution in [3.63, 3.8) is 0 Å². The first-order valence-corrected chi connectivity index (χ1v) is 9.33. The number of amides is 1. The number of primary amides is 1. The summed E-state index contributed by atoms with van der Waals surface area (Å²) in [7, 11) is -4.17. The Morgan fingerprint density at radius 1 is 1.32 bits per heavy atom. The Bertz CT molecular complexity index is 934. The van der Waals surface area contributed by atoms with Gasteiger partial charge in [0.25, 0.3) is 0 Å². The molecular weight excluding hydrogens is 379 g/mol. The number of benzene rings is 1. The highest BCUT2D eigenvalue weighted by Gasteiger charge is 2.52. The van der Waals surface area contributed by atoms with Gasteiger partial charge in [0.15, 0.2) is 0 Å². The van der Waals surface area contributed by atoms with Crippen LogP contribution >= 0.6 is 11.5 Å². The zero-order valence-corrected chi connectivity index (χ0v) is 14.1. The van der Waals surface area contributed by atoms with E-state index in [0.29, 0.717) is 0 Å². The van der Waals surface area contributed by atoms with Crippen molar-refractivity contribution in [2.75, 3.05) is 0 Å². The Morgan fingerprint density at radius 3 is 2.56 bits per heavy atom. The molecule has 0 radical (unpaired) electrons. The second-order valence-corrected chi connectivity index (χ2v) is 7.94. The first kappa shape index (κ1) is 17.8. The monoisotopic (exact) mass is 391 g/mol. The van der Waals surface area contributed by atoms with Gasteiger partial charge in [-0.25, -0.2) is 8.42 Å². The van der Waals surface area contributed by atoms with E-state index in [1.807, 2.05) is 0 Å². The smallest absolute Gasteiger partial charge is 0.368 e. The lowest BCUT2D eigenvalue weighted by molar-refractivity contribution is -0.137. The molecule has 3 N–H and O–H groups in total. The second kappa shape index (κ2) is 5.78. The van der Waals surface area contributed by atoms with E-state index >= 15 is 0 Å². The van der Waals surface area contributed by atoms with Gasteiger partial charge in [-0.15, -0.1) is 0 Å². The molecule has 1 aliphatic rings. The molecule has 0 bridgehead atoms. The summed E-state index contributed by atoms with van der Waals surface area (Å²) in [6, 6.07) is 4.22. The molecule has 134 valence electrons. The first-order valence-electron chi connectivity index (χ1n) is 7.01. The van der Waals surface area contributed by atoms with Crippen molar-refractivity contribution in [2.45, 2.75) is 29.5 Å². The minimum Gasteiger partial charge on any atom is -0.368 e. The third kappa shape index (κ3) is 3.39. The van der Waals surface area contributed by atoms with Crippen LogP contribution in [0.2, 0.25) is 0 Å². The minimum atomic E-state index is -4.56. The summed E-state index contributed by atoms with van der Waals surface area (Å²) in [6.07, 6.45) is -4.01. The van der Waals surface area contributed by atoms with Gasteiger partial charge in [-0.2, -0.15) is 22.3 Å². The largest absolute Gasteiger partial charge is 0.416 e. The summed E-state index contributed by atoms with van der Waals surface area (Å²) in [5.41, 5.74) is 2.87. The highest BCUT2D eigenvalue weighted by Crippen LogP contribution is 2.38. The van der Waals surface area contributed by atoms with Crippen LogP contribution in [-0.2, 0) is 21.0 Å². The Hall–Kier alpha value is -1.98. The lowest BCUT2D eigenvalue weighted by atomic mass is 10.1. The summed E-state index contributed by atoms with van der Waals surface area (Å²) in [5, 5.41) is 1.20. The predicted octanol–water partition coefficient (Wildman–Crippen LogP) is 2.13. The second-order valence-electron chi connectivity index (χ2n) is 5.66. The van der Waals surface area contributed by atoms with Gasteiger partial charge in [-0.05, 0) is 36.5 Å². The zero-order chi connectivity index (χ0) is 18.5. The molecule has 1 amide bonds. The molecule has 25 heavy (non-hydrogen) atoms. The maximum atomic E-state index is 12.9. The molecule has 1 aliphatic carbocycles. The number of carbonyl (C=O) groups excluding carboxylic acids is 1. The normalized spacial score (nSPS) is 16.6. The van der Waals surface area contributed by atoms with E-state index < -0.39 is 33.2 Å². The van der Waals surface area contributed by atoms with Crippen LogP contribution in [-0.4, -0.2) is 24.2 Å². The van der Waals surface area contributed by atoms with E-state index in [4.69, 9.17) is 5.73 Å². The summed E-state index contributed by atoms with van der Waals surface area (Å²) in [5.74, 6) is -0.792. The van der Waals surface area contributed by atoms with Crippen molar-refractivity contribution in [1.82, 2.24) is 9.10 Å². The SMILES string of the molecule is NC(=O)C1(NS(=O)(=O)c2csnc2-c2cccc(C(F)(F)F)c2)CC1. The van der Waals surface area contributed by atoms with Crippen molar-refractivity contribution in [2.24, 2.45) is 5.73 Å². The number of nitrogens with one attached hydrogen (secondary N) is 1. The van der Waals surface area contributed by atoms with Gasteiger partial charge in [0.1, 0.15) is 16.1 Å². The number of sulfonamides is 1. The molecule has 0 spiro atoms. The van der Waals surface area contributed by atoms with Crippen LogP contribution in [0.25, 0.3) is 11.3 Å². The highest BCUT2D eigenvalue weighted by atomic mass is 32.2. The average molecular weight is 391 g/mol. The molecule has 0 aliphatic heterocycles. The van der Waals surface area contributed by atoms with Crippen LogP contribution in [0.1, 0.15) is 18.4 Å². The van der Waals surface area contributed by atoms with Gasteiger partial charge >= 0.3 is 6.18 Å². The van der Waals surface area contributed by atoms with Crippen LogP contribution < -0.4 is 10.5 Å². The number of hydrogen-bond acceptors (Lipinski definition) is 5. The molecule has 0 saturated heterocycles. The number of nitrogens with zero attached hydrogens (tertiary/aromatic N) is 1. The van der Waals surface area contributed by atoms with E-state index in [1.54, 1.807) is 0 Å². The van der Waals surface area contributed by atoms with Crippen LogP contribution in [0.3, 0.4) is 0 Å². The number of hydrogen-bond donors (Lipinski definition) is 2. The average Bonchev–Trinajstić information content (AvgIpc) is 3.11. The molecule has 2 aromatic rings. The van der Waals surface area contributed by atoms with Crippen molar-refractivity contribution < 1.29 is 26.4 Å². The van der Waals surface area contributed by atoms with Crippen LogP contribution in [0, 0.1) is 0 Å². The summed E-state index contributed by atoms with van der Waals surface area (Å²) in [4.78, 5) is 11.1. The van der Waals surface area contributed by atoms with Gasteiger partial charge in [0.2, 0.25) is 15.9 Å². The van der Waals surface area contributed by atoms with Crippen molar-refractivity contribution in [1.29, 1.82) is 0 Å². The third-order valence-electron chi connectivity index (χ3n) is 3.84. The molecule has 1 aromatic heterocycles. The molecule has 3 rings (SSSR count). The molecule has 1 aromatic carbocycles. The fraction of sp³-hybridized carbons (Fsp3) is 0.286. The highest BCUT2D eigenvalue weighted by molar-refractivity contribution is 7.89. The van der Waals surface area contributed by atoms with Crippen LogP contribution in [0.4, 0.5) is 13.2 Å². The van der Waals surface area contributed by atoms with E-state index in [-0.39, 0.29) is 29.0 Å². The van der Waals surface area contributed by atoms with E-state index in [2.05, 4.69) is 9.10 Å². The number of halogens is 3. The number of aromatic nitrogens is 1.